The second-order valence-corrected chi connectivity index (χ2v) is 7.96. The second kappa shape index (κ2) is 6.90. The third-order valence-corrected chi connectivity index (χ3v) is 6.34. The van der Waals surface area contributed by atoms with Crippen LogP contribution in [0.3, 0.4) is 0 Å². The zero-order valence-electron chi connectivity index (χ0n) is 12.2. The van der Waals surface area contributed by atoms with E-state index in [2.05, 4.69) is 6.92 Å². The molecule has 0 aromatic rings. The van der Waals surface area contributed by atoms with E-state index in [1.165, 1.54) is 12.8 Å². The Hall–Kier alpha value is -0.0900. The minimum Gasteiger partial charge on any atom is -0.270 e. The molecule has 1 fully saturated rings. The summed E-state index contributed by atoms with van der Waals surface area (Å²) < 4.78 is 29.3. The fourth-order valence-electron chi connectivity index (χ4n) is 2.41. The van der Waals surface area contributed by atoms with Gasteiger partial charge >= 0.3 is 0 Å². The fourth-order valence-corrected chi connectivity index (χ4v) is 3.77. The summed E-state index contributed by atoms with van der Waals surface area (Å²) in [6, 6.07) is 0. The summed E-state index contributed by atoms with van der Waals surface area (Å²) in [5, 5.41) is -0.398. The first-order chi connectivity index (χ1) is 8.36. The maximum Gasteiger partial charge on any atom is 0.270 e. The Labute approximate surface area is 112 Å². The molecule has 108 valence electrons. The molecule has 0 aromatic carbocycles. The molecule has 1 aliphatic rings. The van der Waals surface area contributed by atoms with Crippen LogP contribution in [0.2, 0.25) is 0 Å². The molecule has 1 unspecified atom stereocenters. The van der Waals surface area contributed by atoms with Gasteiger partial charge < -0.3 is 0 Å². The van der Waals surface area contributed by atoms with Gasteiger partial charge in [-0.3, -0.25) is 4.18 Å². The third kappa shape index (κ3) is 4.54. The Morgan fingerprint density at radius 2 is 1.72 bits per heavy atom. The maximum atomic E-state index is 12.0. The van der Waals surface area contributed by atoms with Crippen LogP contribution in [0.25, 0.3) is 0 Å². The van der Waals surface area contributed by atoms with Gasteiger partial charge in [0.1, 0.15) is 0 Å². The van der Waals surface area contributed by atoms with Gasteiger partial charge in [0.25, 0.3) is 10.1 Å². The van der Waals surface area contributed by atoms with Crippen LogP contribution in [-0.4, -0.2) is 20.3 Å². The summed E-state index contributed by atoms with van der Waals surface area (Å²) in [4.78, 5) is 0. The average Bonchev–Trinajstić information content (AvgIpc) is 2.36. The first-order valence-electron chi connectivity index (χ1n) is 7.25. The highest BCUT2D eigenvalue weighted by molar-refractivity contribution is 7.87. The molecule has 2 atom stereocenters. The fraction of sp³-hybridized carbons (Fsp3) is 1.00. The van der Waals surface area contributed by atoms with Crippen LogP contribution < -0.4 is 0 Å². The van der Waals surface area contributed by atoms with Crippen LogP contribution in [0.4, 0.5) is 0 Å². The Morgan fingerprint density at radius 1 is 1.17 bits per heavy atom. The van der Waals surface area contributed by atoms with Crippen LogP contribution in [0.5, 0.6) is 0 Å². The molecule has 3 nitrogen and oxygen atoms in total. The topological polar surface area (TPSA) is 43.4 Å². The highest BCUT2D eigenvalue weighted by atomic mass is 32.2. The molecule has 0 spiro atoms. The standard InChI is InChI=1S/C14H28O3S/c1-5-12(3)13(4)18(15,16)17-10-14-8-6-11(2)7-9-14/h11-14H,5-10H2,1-4H3/t11?,12-,13?,14?/m1/s1. The highest BCUT2D eigenvalue weighted by Crippen LogP contribution is 2.29. The molecule has 18 heavy (non-hydrogen) atoms. The molecular formula is C14H28O3S. The maximum absolute atomic E-state index is 12.0. The zero-order valence-corrected chi connectivity index (χ0v) is 13.0. The lowest BCUT2D eigenvalue weighted by Crippen LogP contribution is -2.29. The van der Waals surface area contributed by atoms with Crippen molar-refractivity contribution in [3.05, 3.63) is 0 Å². The quantitative estimate of drug-likeness (QED) is 0.696. The van der Waals surface area contributed by atoms with E-state index < -0.39 is 15.4 Å². The van der Waals surface area contributed by atoms with E-state index in [4.69, 9.17) is 4.18 Å². The molecule has 1 rings (SSSR count). The van der Waals surface area contributed by atoms with Gasteiger partial charge in [-0.15, -0.1) is 0 Å². The number of rotatable bonds is 6. The van der Waals surface area contributed by atoms with E-state index in [1.54, 1.807) is 6.92 Å². The van der Waals surface area contributed by atoms with Gasteiger partial charge in [0, 0.05) is 0 Å². The van der Waals surface area contributed by atoms with Crippen LogP contribution >= 0.6 is 0 Å². The summed E-state index contributed by atoms with van der Waals surface area (Å²) in [6.45, 7) is 8.38. The molecule has 0 aliphatic heterocycles. The summed E-state index contributed by atoms with van der Waals surface area (Å²) in [7, 11) is -3.38. The molecule has 0 aromatic heterocycles. The summed E-state index contributed by atoms with van der Waals surface area (Å²) >= 11 is 0. The highest BCUT2D eigenvalue weighted by Gasteiger charge is 2.28. The van der Waals surface area contributed by atoms with Crippen molar-refractivity contribution >= 4 is 10.1 Å². The molecule has 1 aliphatic carbocycles. The largest absolute Gasteiger partial charge is 0.270 e. The van der Waals surface area contributed by atoms with E-state index in [1.807, 2.05) is 13.8 Å². The summed E-state index contributed by atoms with van der Waals surface area (Å²) in [6.07, 6.45) is 5.48. The van der Waals surface area contributed by atoms with Gasteiger partial charge in [-0.1, -0.05) is 40.0 Å². The summed E-state index contributed by atoms with van der Waals surface area (Å²) in [5.74, 6) is 1.37. The SMILES string of the molecule is CC[C@@H](C)C(C)S(=O)(=O)OCC1CCC(C)CC1. The molecule has 4 heteroatoms. The van der Waals surface area contributed by atoms with E-state index in [0.29, 0.717) is 12.5 Å². The Morgan fingerprint density at radius 3 is 2.22 bits per heavy atom. The van der Waals surface area contributed by atoms with Crippen molar-refractivity contribution in [2.75, 3.05) is 6.61 Å². The summed E-state index contributed by atoms with van der Waals surface area (Å²) in [5.41, 5.74) is 0. The predicted molar refractivity (Wildman–Crippen MR) is 74.9 cm³/mol. The van der Waals surface area contributed by atoms with Gasteiger partial charge in [0.05, 0.1) is 11.9 Å². The first kappa shape index (κ1) is 16.0. The van der Waals surface area contributed by atoms with Crippen LogP contribution in [0.15, 0.2) is 0 Å². The van der Waals surface area contributed by atoms with E-state index >= 15 is 0 Å². The molecule has 0 saturated heterocycles. The molecule has 0 bridgehead atoms. The normalized spacial score (nSPS) is 28.9. The lowest BCUT2D eigenvalue weighted by atomic mass is 9.83. The van der Waals surface area contributed by atoms with Crippen LogP contribution in [-0.2, 0) is 14.3 Å². The van der Waals surface area contributed by atoms with Gasteiger partial charge in [-0.05, 0) is 37.5 Å². The average molecular weight is 276 g/mol. The lowest BCUT2D eigenvalue weighted by molar-refractivity contribution is 0.189. The van der Waals surface area contributed by atoms with E-state index in [9.17, 15) is 8.42 Å². The third-order valence-electron chi connectivity index (χ3n) is 4.50. The Kier molecular flexibility index (Phi) is 6.12. The molecule has 0 N–H and O–H groups in total. The Bertz CT molecular complexity index is 329. The molecule has 0 amide bonds. The lowest BCUT2D eigenvalue weighted by Gasteiger charge is -2.26. The number of hydrogen-bond acceptors (Lipinski definition) is 3. The van der Waals surface area contributed by atoms with Crippen molar-refractivity contribution in [2.45, 2.75) is 65.0 Å². The van der Waals surface area contributed by atoms with Gasteiger partial charge in [0.2, 0.25) is 0 Å². The van der Waals surface area contributed by atoms with Gasteiger partial charge in [0.15, 0.2) is 0 Å². The molecular weight excluding hydrogens is 248 g/mol. The Balaban J connectivity index is 2.42. The minimum atomic E-state index is -3.38. The van der Waals surface area contributed by atoms with Gasteiger partial charge in [-0.25, -0.2) is 0 Å². The number of hydrogen-bond donors (Lipinski definition) is 0. The van der Waals surface area contributed by atoms with Crippen molar-refractivity contribution in [2.24, 2.45) is 17.8 Å². The van der Waals surface area contributed by atoms with Crippen molar-refractivity contribution in [1.82, 2.24) is 0 Å². The molecule has 0 heterocycles. The van der Waals surface area contributed by atoms with Crippen molar-refractivity contribution in [3.8, 4) is 0 Å². The van der Waals surface area contributed by atoms with E-state index in [0.717, 1.165) is 25.2 Å². The molecule has 1 saturated carbocycles. The minimum absolute atomic E-state index is 0.154. The van der Waals surface area contributed by atoms with Crippen molar-refractivity contribution in [1.29, 1.82) is 0 Å². The molecule has 0 radical (unpaired) electrons. The monoisotopic (exact) mass is 276 g/mol. The smallest absolute Gasteiger partial charge is 0.270 e. The zero-order chi connectivity index (χ0) is 13.8. The second-order valence-electron chi connectivity index (χ2n) is 5.99. The van der Waals surface area contributed by atoms with Crippen LogP contribution in [0, 0.1) is 17.8 Å². The van der Waals surface area contributed by atoms with Crippen molar-refractivity contribution in [3.63, 3.8) is 0 Å². The first-order valence-corrected chi connectivity index (χ1v) is 8.72. The van der Waals surface area contributed by atoms with Gasteiger partial charge in [-0.2, -0.15) is 8.42 Å². The van der Waals surface area contributed by atoms with E-state index in [-0.39, 0.29) is 5.92 Å². The van der Waals surface area contributed by atoms with Crippen LogP contribution in [0.1, 0.15) is 59.8 Å². The van der Waals surface area contributed by atoms with Crippen molar-refractivity contribution < 1.29 is 12.6 Å². The predicted octanol–water partition coefficient (Wildman–Crippen LogP) is 3.59.